The number of benzene rings is 1. The fourth-order valence-electron chi connectivity index (χ4n) is 1.73. The summed E-state index contributed by atoms with van der Waals surface area (Å²) in [5, 5.41) is 6.41. The molecule has 1 N–H and O–H groups in total. The van der Waals surface area contributed by atoms with Crippen molar-refractivity contribution in [3.63, 3.8) is 0 Å². The predicted octanol–water partition coefficient (Wildman–Crippen LogP) is 1.95. The SMILES string of the molecule is COCc1ccc(C(NCCN=[N+]=[N-])C(=O)OC)cc1. The van der Waals surface area contributed by atoms with Gasteiger partial charge in [-0.2, -0.15) is 0 Å². The van der Waals surface area contributed by atoms with E-state index in [0.29, 0.717) is 13.2 Å². The van der Waals surface area contributed by atoms with Crippen LogP contribution in [-0.2, 0) is 20.9 Å². The zero-order valence-corrected chi connectivity index (χ0v) is 11.6. The Kier molecular flexibility index (Phi) is 7.13. The van der Waals surface area contributed by atoms with Gasteiger partial charge in [0, 0.05) is 25.1 Å². The molecule has 1 aromatic rings. The maximum absolute atomic E-state index is 11.8. The Morgan fingerprint density at radius 2 is 2.10 bits per heavy atom. The van der Waals surface area contributed by atoms with E-state index in [2.05, 4.69) is 15.3 Å². The molecular formula is C13H18N4O3. The van der Waals surface area contributed by atoms with Gasteiger partial charge in [-0.25, -0.2) is 4.79 Å². The summed E-state index contributed by atoms with van der Waals surface area (Å²) in [7, 11) is 2.96. The fourth-order valence-corrected chi connectivity index (χ4v) is 1.73. The van der Waals surface area contributed by atoms with Crippen LogP contribution in [0.2, 0.25) is 0 Å². The van der Waals surface area contributed by atoms with Crippen molar-refractivity contribution >= 4 is 5.97 Å². The Labute approximate surface area is 117 Å². The average Bonchev–Trinajstić information content (AvgIpc) is 2.48. The number of rotatable bonds is 8. The summed E-state index contributed by atoms with van der Waals surface area (Å²) in [4.78, 5) is 14.4. The second-order valence-corrected chi connectivity index (χ2v) is 4.04. The second-order valence-electron chi connectivity index (χ2n) is 4.04. The Morgan fingerprint density at radius 3 is 2.65 bits per heavy atom. The first kappa shape index (κ1) is 16.0. The molecule has 20 heavy (non-hydrogen) atoms. The van der Waals surface area contributed by atoms with Crippen LogP contribution in [0.4, 0.5) is 0 Å². The molecular weight excluding hydrogens is 260 g/mol. The first-order valence-corrected chi connectivity index (χ1v) is 6.12. The molecule has 0 aliphatic heterocycles. The number of hydrogen-bond acceptors (Lipinski definition) is 5. The molecule has 1 atom stereocenters. The van der Waals surface area contributed by atoms with E-state index in [1.807, 2.05) is 24.3 Å². The quantitative estimate of drug-likeness (QED) is 0.258. The van der Waals surface area contributed by atoms with Gasteiger partial charge in [-0.3, -0.25) is 0 Å². The lowest BCUT2D eigenvalue weighted by Crippen LogP contribution is -2.31. The van der Waals surface area contributed by atoms with Crippen molar-refractivity contribution in [3.8, 4) is 0 Å². The molecule has 0 saturated heterocycles. The molecule has 0 amide bonds. The molecule has 1 unspecified atom stereocenters. The van der Waals surface area contributed by atoms with Crippen LogP contribution in [0.3, 0.4) is 0 Å². The predicted molar refractivity (Wildman–Crippen MR) is 73.9 cm³/mol. The highest BCUT2D eigenvalue weighted by Gasteiger charge is 2.20. The zero-order chi connectivity index (χ0) is 14.8. The molecule has 0 spiro atoms. The second kappa shape index (κ2) is 8.92. The van der Waals surface area contributed by atoms with Crippen molar-refractivity contribution in [2.45, 2.75) is 12.6 Å². The van der Waals surface area contributed by atoms with Crippen LogP contribution >= 0.6 is 0 Å². The maximum atomic E-state index is 11.8. The van der Waals surface area contributed by atoms with Gasteiger partial charge in [-0.1, -0.05) is 29.4 Å². The van der Waals surface area contributed by atoms with Gasteiger partial charge in [0.25, 0.3) is 0 Å². The van der Waals surface area contributed by atoms with Crippen molar-refractivity contribution in [1.29, 1.82) is 0 Å². The summed E-state index contributed by atoms with van der Waals surface area (Å²) in [6.45, 7) is 1.18. The molecule has 1 aromatic carbocycles. The molecule has 0 saturated carbocycles. The number of nitrogens with one attached hydrogen (secondary N) is 1. The number of carbonyl (C=O) groups is 1. The average molecular weight is 278 g/mol. The van der Waals surface area contributed by atoms with Crippen molar-refractivity contribution in [2.24, 2.45) is 5.11 Å². The van der Waals surface area contributed by atoms with Crippen molar-refractivity contribution in [2.75, 3.05) is 27.3 Å². The van der Waals surface area contributed by atoms with Crippen molar-refractivity contribution in [1.82, 2.24) is 5.32 Å². The van der Waals surface area contributed by atoms with Crippen LogP contribution in [0.1, 0.15) is 17.2 Å². The standard InChI is InChI=1S/C13H18N4O3/c1-19-9-10-3-5-11(6-4-10)12(13(18)20-2)15-7-8-16-17-14/h3-6,12,15H,7-9H2,1-2H3. The first-order chi connectivity index (χ1) is 9.72. The van der Waals surface area contributed by atoms with Gasteiger partial charge in [0.15, 0.2) is 0 Å². The lowest BCUT2D eigenvalue weighted by molar-refractivity contribution is -0.143. The van der Waals surface area contributed by atoms with Crippen molar-refractivity contribution in [3.05, 3.63) is 45.8 Å². The van der Waals surface area contributed by atoms with Gasteiger partial charge in [0.2, 0.25) is 0 Å². The highest BCUT2D eigenvalue weighted by molar-refractivity contribution is 5.77. The van der Waals surface area contributed by atoms with Gasteiger partial charge in [-0.15, -0.1) is 0 Å². The van der Waals surface area contributed by atoms with E-state index in [1.165, 1.54) is 7.11 Å². The molecule has 108 valence electrons. The topological polar surface area (TPSA) is 96.3 Å². The lowest BCUT2D eigenvalue weighted by atomic mass is 10.0. The molecule has 0 radical (unpaired) electrons. The van der Waals surface area contributed by atoms with Gasteiger partial charge in [-0.05, 0) is 16.7 Å². The van der Waals surface area contributed by atoms with E-state index in [1.54, 1.807) is 7.11 Å². The molecule has 0 bridgehead atoms. The smallest absolute Gasteiger partial charge is 0.327 e. The molecule has 0 fully saturated rings. The number of methoxy groups -OCH3 is 2. The van der Waals surface area contributed by atoms with E-state index in [-0.39, 0.29) is 12.5 Å². The van der Waals surface area contributed by atoms with Crippen LogP contribution in [-0.4, -0.2) is 33.3 Å². The number of ether oxygens (including phenoxy) is 2. The third kappa shape index (κ3) is 4.89. The Bertz CT molecular complexity index is 469. The van der Waals surface area contributed by atoms with Gasteiger partial charge in [0.05, 0.1) is 13.7 Å². The number of azide groups is 1. The van der Waals surface area contributed by atoms with E-state index in [9.17, 15) is 4.79 Å². The summed E-state index contributed by atoms with van der Waals surface area (Å²) in [6, 6.07) is 6.89. The van der Waals surface area contributed by atoms with Crippen LogP contribution in [0.5, 0.6) is 0 Å². The molecule has 0 aromatic heterocycles. The number of hydrogen-bond donors (Lipinski definition) is 1. The number of carbonyl (C=O) groups excluding carboxylic acids is 1. The van der Waals surface area contributed by atoms with Gasteiger partial charge >= 0.3 is 5.97 Å². The number of nitrogens with zero attached hydrogens (tertiary/aromatic N) is 3. The van der Waals surface area contributed by atoms with Gasteiger partial charge < -0.3 is 14.8 Å². The Balaban J connectivity index is 2.75. The molecule has 1 rings (SSSR count). The molecule has 0 aliphatic carbocycles. The zero-order valence-electron chi connectivity index (χ0n) is 11.6. The minimum Gasteiger partial charge on any atom is -0.468 e. The number of esters is 1. The van der Waals surface area contributed by atoms with E-state index >= 15 is 0 Å². The van der Waals surface area contributed by atoms with E-state index in [4.69, 9.17) is 15.0 Å². The normalized spacial score (nSPS) is 11.5. The third-order valence-corrected chi connectivity index (χ3v) is 2.68. The van der Waals surface area contributed by atoms with E-state index < -0.39 is 6.04 Å². The van der Waals surface area contributed by atoms with Crippen LogP contribution in [0, 0.1) is 0 Å². The highest BCUT2D eigenvalue weighted by Crippen LogP contribution is 2.16. The summed E-state index contributed by atoms with van der Waals surface area (Å²) in [5.74, 6) is -0.384. The minimum atomic E-state index is -0.578. The summed E-state index contributed by atoms with van der Waals surface area (Å²) < 4.78 is 9.81. The van der Waals surface area contributed by atoms with Crippen LogP contribution in [0.25, 0.3) is 10.4 Å². The van der Waals surface area contributed by atoms with E-state index in [0.717, 1.165) is 11.1 Å². The summed E-state index contributed by atoms with van der Waals surface area (Å²) >= 11 is 0. The lowest BCUT2D eigenvalue weighted by Gasteiger charge is -2.16. The van der Waals surface area contributed by atoms with Gasteiger partial charge in [0.1, 0.15) is 6.04 Å². The van der Waals surface area contributed by atoms with Crippen molar-refractivity contribution < 1.29 is 14.3 Å². The first-order valence-electron chi connectivity index (χ1n) is 6.12. The Hall–Kier alpha value is -2.08. The highest BCUT2D eigenvalue weighted by atomic mass is 16.5. The molecule has 0 heterocycles. The summed E-state index contributed by atoms with van der Waals surface area (Å²) in [6.07, 6.45) is 0. The minimum absolute atomic E-state index is 0.270. The van der Waals surface area contributed by atoms with Crippen LogP contribution in [0.15, 0.2) is 29.4 Å². The fraction of sp³-hybridized carbons (Fsp3) is 0.462. The molecule has 0 aliphatic rings. The summed E-state index contributed by atoms with van der Waals surface area (Å²) in [5.41, 5.74) is 10.0. The monoisotopic (exact) mass is 278 g/mol. The molecule has 7 heteroatoms. The molecule has 7 nitrogen and oxygen atoms in total. The maximum Gasteiger partial charge on any atom is 0.327 e. The largest absolute Gasteiger partial charge is 0.468 e. The third-order valence-electron chi connectivity index (χ3n) is 2.68. The van der Waals surface area contributed by atoms with Crippen LogP contribution < -0.4 is 5.32 Å². The Morgan fingerprint density at radius 1 is 1.40 bits per heavy atom.